The van der Waals surface area contributed by atoms with Gasteiger partial charge in [-0.2, -0.15) is 0 Å². The molecule has 0 aromatic heterocycles. The second-order valence-electron chi connectivity index (χ2n) is 6.01. The smallest absolute Gasteiger partial charge is 0.321 e. The standard InChI is InChI=1S/C14H23N3O4/c18-12(16-14(21)15-11-3-1-2-4-11)8-17(9-13(19)20)7-10-5-6-10/h10-11H,1-9H2,(H,19,20)(H2,15,16,18,21). The van der Waals surface area contributed by atoms with Crippen molar-refractivity contribution in [3.63, 3.8) is 0 Å². The minimum absolute atomic E-state index is 0.0547. The van der Waals surface area contributed by atoms with Gasteiger partial charge in [-0.1, -0.05) is 12.8 Å². The average molecular weight is 297 g/mol. The molecule has 2 aliphatic carbocycles. The third-order valence-corrected chi connectivity index (χ3v) is 3.88. The first kappa shape index (κ1) is 15.8. The van der Waals surface area contributed by atoms with Gasteiger partial charge in [-0.3, -0.25) is 19.8 Å². The van der Waals surface area contributed by atoms with Crippen molar-refractivity contribution in [1.82, 2.24) is 15.5 Å². The van der Waals surface area contributed by atoms with Crippen LogP contribution in [0.1, 0.15) is 38.5 Å². The largest absolute Gasteiger partial charge is 0.480 e. The van der Waals surface area contributed by atoms with Gasteiger partial charge in [-0.15, -0.1) is 0 Å². The minimum Gasteiger partial charge on any atom is -0.480 e. The third kappa shape index (κ3) is 6.12. The van der Waals surface area contributed by atoms with Crippen LogP contribution in [0.3, 0.4) is 0 Å². The van der Waals surface area contributed by atoms with Gasteiger partial charge >= 0.3 is 12.0 Å². The van der Waals surface area contributed by atoms with Gasteiger partial charge in [-0.05, 0) is 31.6 Å². The molecule has 0 spiro atoms. The van der Waals surface area contributed by atoms with E-state index in [2.05, 4.69) is 10.6 Å². The zero-order valence-corrected chi connectivity index (χ0v) is 12.1. The maximum atomic E-state index is 11.8. The second kappa shape index (κ2) is 7.40. The van der Waals surface area contributed by atoms with Crippen LogP contribution in [0.4, 0.5) is 4.79 Å². The number of rotatable bonds is 7. The van der Waals surface area contributed by atoms with Gasteiger partial charge in [0.05, 0.1) is 13.1 Å². The highest BCUT2D eigenvalue weighted by molar-refractivity contribution is 5.95. The Labute approximate surface area is 124 Å². The number of aliphatic carboxylic acids is 1. The van der Waals surface area contributed by atoms with Crippen LogP contribution in [-0.4, -0.2) is 53.6 Å². The summed E-state index contributed by atoms with van der Waals surface area (Å²) in [7, 11) is 0. The monoisotopic (exact) mass is 297 g/mol. The van der Waals surface area contributed by atoms with Gasteiger partial charge in [0.15, 0.2) is 0 Å². The molecule has 0 atom stereocenters. The summed E-state index contributed by atoms with van der Waals surface area (Å²) in [4.78, 5) is 35.9. The van der Waals surface area contributed by atoms with Crippen molar-refractivity contribution in [2.24, 2.45) is 5.92 Å². The fourth-order valence-corrected chi connectivity index (χ4v) is 2.70. The molecular weight excluding hydrogens is 274 g/mol. The summed E-state index contributed by atoms with van der Waals surface area (Å²) in [6.07, 6.45) is 6.28. The number of amides is 3. The van der Waals surface area contributed by atoms with Gasteiger partial charge in [0, 0.05) is 12.6 Å². The number of imide groups is 1. The highest BCUT2D eigenvalue weighted by atomic mass is 16.4. The molecule has 7 heteroatoms. The number of hydrogen-bond donors (Lipinski definition) is 3. The summed E-state index contributed by atoms with van der Waals surface area (Å²) in [5, 5.41) is 13.9. The van der Waals surface area contributed by atoms with Gasteiger partial charge < -0.3 is 10.4 Å². The molecule has 2 saturated carbocycles. The van der Waals surface area contributed by atoms with Crippen LogP contribution in [0.15, 0.2) is 0 Å². The van der Waals surface area contributed by atoms with E-state index in [1.165, 1.54) is 0 Å². The number of hydrogen-bond acceptors (Lipinski definition) is 4. The zero-order valence-electron chi connectivity index (χ0n) is 12.1. The van der Waals surface area contributed by atoms with E-state index in [1.807, 2.05) is 0 Å². The Balaban J connectivity index is 1.71. The number of carbonyl (C=O) groups excluding carboxylic acids is 2. The van der Waals surface area contributed by atoms with E-state index in [0.717, 1.165) is 38.5 Å². The van der Waals surface area contributed by atoms with Crippen LogP contribution in [0, 0.1) is 5.92 Å². The van der Waals surface area contributed by atoms with E-state index in [9.17, 15) is 14.4 Å². The molecule has 0 radical (unpaired) electrons. The van der Waals surface area contributed by atoms with Gasteiger partial charge in [-0.25, -0.2) is 4.79 Å². The van der Waals surface area contributed by atoms with E-state index in [4.69, 9.17) is 5.11 Å². The Morgan fingerprint density at radius 2 is 1.71 bits per heavy atom. The van der Waals surface area contributed by atoms with Crippen molar-refractivity contribution < 1.29 is 19.5 Å². The number of nitrogens with one attached hydrogen (secondary N) is 2. The van der Waals surface area contributed by atoms with E-state index in [-0.39, 0.29) is 19.1 Å². The van der Waals surface area contributed by atoms with Crippen molar-refractivity contribution in [3.05, 3.63) is 0 Å². The molecule has 0 unspecified atom stereocenters. The summed E-state index contributed by atoms with van der Waals surface area (Å²) in [5.41, 5.74) is 0. The van der Waals surface area contributed by atoms with E-state index in [1.54, 1.807) is 4.90 Å². The fourth-order valence-electron chi connectivity index (χ4n) is 2.70. The molecule has 0 aromatic carbocycles. The lowest BCUT2D eigenvalue weighted by Gasteiger charge is -2.19. The molecule has 0 heterocycles. The zero-order chi connectivity index (χ0) is 15.2. The lowest BCUT2D eigenvalue weighted by atomic mass is 10.2. The van der Waals surface area contributed by atoms with Crippen molar-refractivity contribution in [2.45, 2.75) is 44.6 Å². The van der Waals surface area contributed by atoms with Crippen LogP contribution in [0.2, 0.25) is 0 Å². The highest BCUT2D eigenvalue weighted by Gasteiger charge is 2.27. The van der Waals surface area contributed by atoms with E-state index >= 15 is 0 Å². The normalized spacial score (nSPS) is 18.7. The first-order chi connectivity index (χ1) is 10.0. The number of carboxylic acid groups (broad SMARTS) is 1. The predicted octanol–water partition coefficient (Wildman–Crippen LogP) is 0.551. The number of nitrogens with zero attached hydrogens (tertiary/aromatic N) is 1. The molecular formula is C14H23N3O4. The average Bonchev–Trinajstić information content (AvgIpc) is 3.02. The molecule has 2 fully saturated rings. The summed E-state index contributed by atoms with van der Waals surface area (Å²) < 4.78 is 0. The SMILES string of the molecule is O=C(O)CN(CC(=O)NC(=O)NC1CCCC1)CC1CC1. The number of carboxylic acids is 1. The van der Waals surface area contributed by atoms with Crippen LogP contribution in [0.25, 0.3) is 0 Å². The van der Waals surface area contributed by atoms with Gasteiger partial charge in [0.25, 0.3) is 0 Å². The van der Waals surface area contributed by atoms with Crippen LogP contribution >= 0.6 is 0 Å². The summed E-state index contributed by atoms with van der Waals surface area (Å²) >= 11 is 0. The molecule has 0 aromatic rings. The van der Waals surface area contributed by atoms with E-state index < -0.39 is 17.9 Å². The molecule has 0 aliphatic heterocycles. The maximum Gasteiger partial charge on any atom is 0.321 e. The number of urea groups is 1. The highest BCUT2D eigenvalue weighted by Crippen LogP contribution is 2.29. The minimum atomic E-state index is -0.959. The Bertz CT molecular complexity index is 403. The van der Waals surface area contributed by atoms with Gasteiger partial charge in [0.2, 0.25) is 5.91 Å². The van der Waals surface area contributed by atoms with Crippen LogP contribution in [-0.2, 0) is 9.59 Å². The molecule has 2 aliphatic rings. The van der Waals surface area contributed by atoms with Crippen molar-refractivity contribution in [2.75, 3.05) is 19.6 Å². The maximum absolute atomic E-state index is 11.8. The molecule has 0 saturated heterocycles. The van der Waals surface area contributed by atoms with Crippen molar-refractivity contribution >= 4 is 17.9 Å². The Kier molecular flexibility index (Phi) is 5.55. The Hall–Kier alpha value is -1.63. The Morgan fingerprint density at radius 1 is 1.05 bits per heavy atom. The molecule has 0 bridgehead atoms. The summed E-state index contributed by atoms with van der Waals surface area (Å²) in [6.45, 7) is 0.374. The molecule has 118 valence electrons. The van der Waals surface area contributed by atoms with Gasteiger partial charge in [0.1, 0.15) is 0 Å². The fraction of sp³-hybridized carbons (Fsp3) is 0.786. The number of carbonyl (C=O) groups is 3. The molecule has 21 heavy (non-hydrogen) atoms. The first-order valence-corrected chi connectivity index (χ1v) is 7.57. The molecule has 3 amide bonds. The first-order valence-electron chi connectivity index (χ1n) is 7.57. The quantitative estimate of drug-likeness (QED) is 0.637. The molecule has 7 nitrogen and oxygen atoms in total. The van der Waals surface area contributed by atoms with E-state index in [0.29, 0.717) is 12.5 Å². The third-order valence-electron chi connectivity index (χ3n) is 3.88. The lowest BCUT2D eigenvalue weighted by molar-refractivity contribution is -0.138. The van der Waals surface area contributed by atoms with Crippen LogP contribution in [0.5, 0.6) is 0 Å². The van der Waals surface area contributed by atoms with Crippen molar-refractivity contribution in [3.8, 4) is 0 Å². The molecule has 2 rings (SSSR count). The van der Waals surface area contributed by atoms with Crippen molar-refractivity contribution in [1.29, 1.82) is 0 Å². The lowest BCUT2D eigenvalue weighted by Crippen LogP contribution is -2.48. The van der Waals surface area contributed by atoms with Crippen LogP contribution < -0.4 is 10.6 Å². The summed E-state index contributed by atoms with van der Waals surface area (Å²) in [6, 6.07) is -0.326. The Morgan fingerprint density at radius 3 is 2.29 bits per heavy atom. The molecule has 3 N–H and O–H groups in total. The predicted molar refractivity (Wildman–Crippen MR) is 75.7 cm³/mol. The second-order valence-corrected chi connectivity index (χ2v) is 6.01. The summed E-state index contributed by atoms with van der Waals surface area (Å²) in [5.74, 6) is -0.921. The topological polar surface area (TPSA) is 98.7 Å².